The molecule has 0 fully saturated rings. The van der Waals surface area contributed by atoms with Crippen LogP contribution < -0.4 is 11.1 Å². The van der Waals surface area contributed by atoms with Gasteiger partial charge in [-0.3, -0.25) is 0 Å². The lowest BCUT2D eigenvalue weighted by Gasteiger charge is -2.08. The third kappa shape index (κ3) is 6.84. The summed E-state index contributed by atoms with van der Waals surface area (Å²) in [5.41, 5.74) is 9.32. The molecule has 0 bridgehead atoms. The Bertz CT molecular complexity index is 621. The minimum Gasteiger partial charge on any atom is -0.372 e. The molecule has 0 atom stereocenters. The summed E-state index contributed by atoms with van der Waals surface area (Å²) >= 11 is 0. The number of ether oxygens (including phenoxy) is 1. The Morgan fingerprint density at radius 3 is 2.17 bits per heavy atom. The Labute approximate surface area is 144 Å². The molecule has 4 nitrogen and oxygen atoms in total. The fraction of sp³-hybridized carbons (Fsp3) is 0.350. The second-order valence-corrected chi connectivity index (χ2v) is 6.27. The summed E-state index contributed by atoms with van der Waals surface area (Å²) < 4.78 is 5.74. The molecule has 2 aromatic rings. The second kappa shape index (κ2) is 9.73. The van der Waals surface area contributed by atoms with Crippen molar-refractivity contribution in [3.63, 3.8) is 0 Å². The highest BCUT2D eigenvalue weighted by molar-refractivity contribution is 5.77. The average molecular weight is 325 g/mol. The van der Waals surface area contributed by atoms with Gasteiger partial charge in [0.25, 0.3) is 0 Å². The van der Waals surface area contributed by atoms with Crippen molar-refractivity contribution in [1.29, 1.82) is 0 Å². The molecule has 4 heteroatoms. The SMILES string of the molecule is CC(C)CNC(N)=NCc1ccc(COCc2ccccc2)cc1. The molecule has 128 valence electrons. The molecule has 24 heavy (non-hydrogen) atoms. The fourth-order valence-electron chi connectivity index (χ4n) is 2.14. The number of hydrogen-bond acceptors (Lipinski definition) is 2. The Morgan fingerprint density at radius 1 is 0.958 bits per heavy atom. The summed E-state index contributed by atoms with van der Waals surface area (Å²) in [5.74, 6) is 1.05. The highest BCUT2D eigenvalue weighted by Gasteiger charge is 1.98. The quantitative estimate of drug-likeness (QED) is 0.577. The van der Waals surface area contributed by atoms with Gasteiger partial charge in [-0.05, 0) is 22.6 Å². The van der Waals surface area contributed by atoms with Crippen LogP contribution in [0.15, 0.2) is 59.6 Å². The van der Waals surface area contributed by atoms with Crippen molar-refractivity contribution in [3.05, 3.63) is 71.3 Å². The molecule has 0 aliphatic carbocycles. The summed E-state index contributed by atoms with van der Waals surface area (Å²) in [4.78, 5) is 4.35. The maximum Gasteiger partial charge on any atom is 0.188 e. The number of benzene rings is 2. The number of hydrogen-bond donors (Lipinski definition) is 2. The predicted molar refractivity (Wildman–Crippen MR) is 99.5 cm³/mol. The van der Waals surface area contributed by atoms with Gasteiger partial charge in [0.2, 0.25) is 0 Å². The molecule has 2 aromatic carbocycles. The van der Waals surface area contributed by atoms with E-state index in [4.69, 9.17) is 10.5 Å². The van der Waals surface area contributed by atoms with E-state index in [0.29, 0.717) is 31.6 Å². The van der Waals surface area contributed by atoms with Crippen LogP contribution in [0.2, 0.25) is 0 Å². The number of rotatable bonds is 8. The highest BCUT2D eigenvalue weighted by Crippen LogP contribution is 2.09. The molecule has 2 rings (SSSR count). The summed E-state index contributed by atoms with van der Waals surface area (Å²) in [7, 11) is 0. The second-order valence-electron chi connectivity index (χ2n) is 6.27. The van der Waals surface area contributed by atoms with Gasteiger partial charge in [-0.15, -0.1) is 0 Å². The zero-order valence-electron chi connectivity index (χ0n) is 14.5. The van der Waals surface area contributed by atoms with E-state index in [9.17, 15) is 0 Å². The lowest BCUT2D eigenvalue weighted by molar-refractivity contribution is 0.107. The van der Waals surface area contributed by atoms with Crippen LogP contribution in [0.5, 0.6) is 0 Å². The third-order valence-corrected chi connectivity index (χ3v) is 3.53. The van der Waals surface area contributed by atoms with Gasteiger partial charge in [-0.2, -0.15) is 0 Å². The number of guanidine groups is 1. The molecule has 0 amide bonds. The Kier molecular flexibility index (Phi) is 7.30. The van der Waals surface area contributed by atoms with E-state index in [1.165, 1.54) is 5.56 Å². The lowest BCUT2D eigenvalue weighted by atomic mass is 10.1. The normalized spacial score (nSPS) is 11.7. The van der Waals surface area contributed by atoms with Crippen LogP contribution in [-0.4, -0.2) is 12.5 Å². The smallest absolute Gasteiger partial charge is 0.188 e. The largest absolute Gasteiger partial charge is 0.372 e. The standard InChI is InChI=1S/C20H27N3O/c1-16(2)12-22-20(21)23-13-17-8-10-19(11-9-17)15-24-14-18-6-4-3-5-7-18/h3-11,16H,12-15H2,1-2H3,(H3,21,22,23). The number of aliphatic imine (C=N–C) groups is 1. The van der Waals surface area contributed by atoms with Crippen molar-refractivity contribution in [2.75, 3.05) is 6.54 Å². The number of nitrogens with two attached hydrogens (primary N) is 1. The summed E-state index contributed by atoms with van der Waals surface area (Å²) in [6.07, 6.45) is 0. The minimum absolute atomic E-state index is 0.499. The Balaban J connectivity index is 1.75. The van der Waals surface area contributed by atoms with Gasteiger partial charge in [0.1, 0.15) is 0 Å². The molecular weight excluding hydrogens is 298 g/mol. The van der Waals surface area contributed by atoms with Crippen LogP contribution in [0.4, 0.5) is 0 Å². The van der Waals surface area contributed by atoms with Crippen molar-refractivity contribution >= 4 is 5.96 Å². The van der Waals surface area contributed by atoms with Gasteiger partial charge in [-0.25, -0.2) is 4.99 Å². The molecule has 0 spiro atoms. The molecule has 0 heterocycles. The van der Waals surface area contributed by atoms with E-state index in [-0.39, 0.29) is 0 Å². The summed E-state index contributed by atoms with van der Waals surface area (Å²) in [6, 6.07) is 18.5. The van der Waals surface area contributed by atoms with Crippen LogP contribution in [0.3, 0.4) is 0 Å². The van der Waals surface area contributed by atoms with E-state index < -0.39 is 0 Å². The van der Waals surface area contributed by atoms with Gasteiger partial charge in [0.15, 0.2) is 5.96 Å². The fourth-order valence-corrected chi connectivity index (χ4v) is 2.14. The van der Waals surface area contributed by atoms with Crippen LogP contribution in [0.25, 0.3) is 0 Å². The van der Waals surface area contributed by atoms with Crippen molar-refractivity contribution < 1.29 is 4.74 Å². The van der Waals surface area contributed by atoms with E-state index in [2.05, 4.69) is 60.6 Å². The van der Waals surface area contributed by atoms with Crippen LogP contribution in [-0.2, 0) is 24.5 Å². The number of nitrogens with zero attached hydrogens (tertiary/aromatic N) is 1. The van der Waals surface area contributed by atoms with Crippen molar-refractivity contribution in [1.82, 2.24) is 5.32 Å². The van der Waals surface area contributed by atoms with Crippen molar-refractivity contribution in [3.8, 4) is 0 Å². The van der Waals surface area contributed by atoms with Crippen molar-refractivity contribution in [2.45, 2.75) is 33.6 Å². The zero-order chi connectivity index (χ0) is 17.2. The summed E-state index contributed by atoms with van der Waals surface area (Å²) in [5, 5.41) is 3.11. The summed E-state index contributed by atoms with van der Waals surface area (Å²) in [6.45, 7) is 6.94. The maximum absolute atomic E-state index is 5.84. The molecule has 0 saturated carbocycles. The van der Waals surface area contributed by atoms with E-state index in [1.807, 2.05) is 18.2 Å². The Morgan fingerprint density at radius 2 is 1.54 bits per heavy atom. The van der Waals surface area contributed by atoms with Crippen molar-refractivity contribution in [2.24, 2.45) is 16.6 Å². The van der Waals surface area contributed by atoms with Crippen LogP contribution in [0.1, 0.15) is 30.5 Å². The highest BCUT2D eigenvalue weighted by atomic mass is 16.5. The molecule has 0 aliphatic heterocycles. The maximum atomic E-state index is 5.84. The van der Waals surface area contributed by atoms with Crippen LogP contribution >= 0.6 is 0 Å². The minimum atomic E-state index is 0.499. The Hall–Kier alpha value is -2.33. The van der Waals surface area contributed by atoms with E-state index in [1.54, 1.807) is 0 Å². The molecule has 0 aromatic heterocycles. The van der Waals surface area contributed by atoms with Gasteiger partial charge in [0, 0.05) is 6.54 Å². The molecular formula is C20H27N3O. The molecule has 0 unspecified atom stereocenters. The third-order valence-electron chi connectivity index (χ3n) is 3.53. The monoisotopic (exact) mass is 325 g/mol. The van der Waals surface area contributed by atoms with Gasteiger partial charge in [-0.1, -0.05) is 68.4 Å². The first-order valence-corrected chi connectivity index (χ1v) is 8.37. The molecule has 0 saturated heterocycles. The van der Waals surface area contributed by atoms with Crippen LogP contribution in [0, 0.1) is 5.92 Å². The molecule has 0 radical (unpaired) electrons. The molecule has 3 N–H and O–H groups in total. The molecule has 0 aliphatic rings. The average Bonchev–Trinajstić information content (AvgIpc) is 2.60. The predicted octanol–water partition coefficient (Wildman–Crippen LogP) is 3.46. The van der Waals surface area contributed by atoms with Gasteiger partial charge in [0.05, 0.1) is 19.8 Å². The topological polar surface area (TPSA) is 59.6 Å². The number of nitrogens with one attached hydrogen (secondary N) is 1. The van der Waals surface area contributed by atoms with Gasteiger partial charge < -0.3 is 15.8 Å². The first-order valence-electron chi connectivity index (χ1n) is 8.37. The first kappa shape index (κ1) is 18.0. The van der Waals surface area contributed by atoms with E-state index >= 15 is 0 Å². The lowest BCUT2D eigenvalue weighted by Crippen LogP contribution is -2.34. The first-order chi connectivity index (χ1) is 11.6. The zero-order valence-corrected chi connectivity index (χ0v) is 14.5. The van der Waals surface area contributed by atoms with E-state index in [0.717, 1.165) is 17.7 Å². The van der Waals surface area contributed by atoms with Gasteiger partial charge >= 0.3 is 0 Å².